The molecule has 1 aliphatic rings. The number of nitrogens with zero attached hydrogens (tertiary/aromatic N) is 1. The van der Waals surface area contributed by atoms with E-state index < -0.39 is 0 Å². The van der Waals surface area contributed by atoms with E-state index in [4.69, 9.17) is 11.6 Å². The Balaban J connectivity index is 0.00000364. The summed E-state index contributed by atoms with van der Waals surface area (Å²) >= 11 is 8.03. The van der Waals surface area contributed by atoms with Crippen LogP contribution in [0.2, 0.25) is 5.02 Å². The van der Waals surface area contributed by atoms with Crippen LogP contribution in [0.15, 0.2) is 23.2 Å². The highest BCUT2D eigenvalue weighted by Crippen LogP contribution is 2.28. The van der Waals surface area contributed by atoms with E-state index in [0.29, 0.717) is 24.0 Å². The zero-order chi connectivity index (χ0) is 18.9. The minimum Gasteiger partial charge on any atom is -0.357 e. The van der Waals surface area contributed by atoms with Crippen LogP contribution in [0.5, 0.6) is 0 Å². The summed E-state index contributed by atoms with van der Waals surface area (Å²) in [6, 6.07) is 5.97. The molecule has 1 amide bonds. The van der Waals surface area contributed by atoms with Gasteiger partial charge in [0.25, 0.3) is 0 Å². The summed E-state index contributed by atoms with van der Waals surface area (Å²) in [6.07, 6.45) is 6.09. The van der Waals surface area contributed by atoms with Crippen molar-refractivity contribution in [2.45, 2.75) is 50.8 Å². The molecule has 2 unspecified atom stereocenters. The van der Waals surface area contributed by atoms with Gasteiger partial charge in [0.1, 0.15) is 0 Å². The molecule has 152 valence electrons. The Morgan fingerprint density at radius 2 is 2.15 bits per heavy atom. The van der Waals surface area contributed by atoms with Crippen molar-refractivity contribution in [3.63, 3.8) is 0 Å². The van der Waals surface area contributed by atoms with Gasteiger partial charge in [0.15, 0.2) is 5.96 Å². The first-order valence-corrected chi connectivity index (χ1v) is 10.8. The number of carbonyl (C=O) groups excluding carboxylic acids is 1. The molecule has 0 aliphatic heterocycles. The zero-order valence-electron chi connectivity index (χ0n) is 16.2. The van der Waals surface area contributed by atoms with Crippen LogP contribution in [0.25, 0.3) is 0 Å². The van der Waals surface area contributed by atoms with E-state index in [0.717, 1.165) is 29.0 Å². The van der Waals surface area contributed by atoms with Gasteiger partial charge in [-0.15, -0.1) is 24.0 Å². The highest BCUT2D eigenvalue weighted by atomic mass is 127. The van der Waals surface area contributed by atoms with Gasteiger partial charge in [-0.25, -0.2) is 0 Å². The smallest absolute Gasteiger partial charge is 0.226 e. The summed E-state index contributed by atoms with van der Waals surface area (Å²) in [4.78, 5) is 16.7. The summed E-state index contributed by atoms with van der Waals surface area (Å²) in [7, 11) is 0. The highest BCUT2D eigenvalue weighted by molar-refractivity contribution is 14.0. The van der Waals surface area contributed by atoms with Gasteiger partial charge < -0.3 is 16.0 Å². The maximum absolute atomic E-state index is 12.2. The largest absolute Gasteiger partial charge is 0.357 e. The monoisotopic (exact) mass is 524 g/mol. The van der Waals surface area contributed by atoms with E-state index >= 15 is 0 Å². The number of thioether (sulfide) groups is 1. The lowest BCUT2D eigenvalue weighted by Gasteiger charge is -2.17. The van der Waals surface area contributed by atoms with Crippen molar-refractivity contribution in [1.29, 1.82) is 0 Å². The molecule has 0 spiro atoms. The molecule has 1 aliphatic carbocycles. The number of amides is 1. The molecule has 1 aromatic rings. The number of carbonyl (C=O) groups is 1. The molecule has 2 atom stereocenters. The van der Waals surface area contributed by atoms with E-state index in [2.05, 4.69) is 27.2 Å². The number of benzene rings is 1. The molecule has 0 saturated heterocycles. The molecule has 0 radical (unpaired) electrons. The van der Waals surface area contributed by atoms with Crippen molar-refractivity contribution in [3.05, 3.63) is 28.8 Å². The van der Waals surface area contributed by atoms with Gasteiger partial charge in [-0.3, -0.25) is 9.79 Å². The SMILES string of the molecule is CCNC(=NCCC(=O)Nc1cccc(Cl)c1C)NC1CCC(SC)C1.I. The summed E-state index contributed by atoms with van der Waals surface area (Å²) < 4.78 is 0. The molecule has 8 heteroatoms. The third-order valence-electron chi connectivity index (χ3n) is 4.55. The average Bonchev–Trinajstić information content (AvgIpc) is 3.07. The van der Waals surface area contributed by atoms with E-state index in [1.807, 2.05) is 43.8 Å². The van der Waals surface area contributed by atoms with Crippen molar-refractivity contribution >= 4 is 64.9 Å². The lowest BCUT2D eigenvalue weighted by molar-refractivity contribution is -0.116. The minimum absolute atomic E-state index is 0. The molecule has 1 saturated carbocycles. The fourth-order valence-electron chi connectivity index (χ4n) is 3.02. The molecule has 1 aromatic carbocycles. The number of hydrogen-bond donors (Lipinski definition) is 3. The Morgan fingerprint density at radius 3 is 2.81 bits per heavy atom. The standard InChI is InChI=1S/C19H29ClN4OS.HI/c1-4-21-19(23-14-8-9-15(12-14)26-3)22-11-10-18(25)24-17-7-5-6-16(20)13(17)2;/h5-7,14-15H,4,8-12H2,1-3H3,(H,24,25)(H2,21,22,23);1H. The first kappa shape index (κ1) is 24.4. The molecule has 27 heavy (non-hydrogen) atoms. The molecule has 1 fully saturated rings. The van der Waals surface area contributed by atoms with Crippen molar-refractivity contribution in [2.24, 2.45) is 4.99 Å². The van der Waals surface area contributed by atoms with E-state index in [1.54, 1.807) is 0 Å². The Morgan fingerprint density at radius 1 is 1.37 bits per heavy atom. The zero-order valence-corrected chi connectivity index (χ0v) is 20.1. The quantitative estimate of drug-likeness (QED) is 0.280. The van der Waals surface area contributed by atoms with Gasteiger partial charge in [-0.1, -0.05) is 17.7 Å². The summed E-state index contributed by atoms with van der Waals surface area (Å²) in [6.45, 7) is 5.19. The predicted molar refractivity (Wildman–Crippen MR) is 129 cm³/mol. The number of guanidine groups is 1. The van der Waals surface area contributed by atoms with Crippen LogP contribution in [0.3, 0.4) is 0 Å². The van der Waals surface area contributed by atoms with Gasteiger partial charge in [0, 0.05) is 35.0 Å². The van der Waals surface area contributed by atoms with Crippen LogP contribution in [0.1, 0.15) is 38.2 Å². The highest BCUT2D eigenvalue weighted by Gasteiger charge is 2.24. The Bertz CT molecular complexity index is 644. The van der Waals surface area contributed by atoms with E-state index in [-0.39, 0.29) is 29.9 Å². The molecule has 5 nitrogen and oxygen atoms in total. The van der Waals surface area contributed by atoms with Crippen LogP contribution >= 0.6 is 47.3 Å². The Labute approximate surface area is 188 Å². The normalized spacial score (nSPS) is 19.3. The topological polar surface area (TPSA) is 65.5 Å². The van der Waals surface area contributed by atoms with Crippen LogP contribution in [0, 0.1) is 6.92 Å². The fourth-order valence-corrected chi connectivity index (χ4v) is 3.99. The van der Waals surface area contributed by atoms with Crippen molar-refractivity contribution < 1.29 is 4.79 Å². The van der Waals surface area contributed by atoms with E-state index in [1.165, 1.54) is 19.3 Å². The van der Waals surface area contributed by atoms with Gasteiger partial charge in [0.05, 0.1) is 6.54 Å². The van der Waals surface area contributed by atoms with Crippen LogP contribution in [-0.2, 0) is 4.79 Å². The molecular formula is C19H30ClIN4OS. The van der Waals surface area contributed by atoms with Crippen LogP contribution < -0.4 is 16.0 Å². The molecule has 2 rings (SSSR count). The second kappa shape index (κ2) is 12.7. The average molecular weight is 525 g/mol. The summed E-state index contributed by atoms with van der Waals surface area (Å²) in [5.74, 6) is 0.740. The predicted octanol–water partition coefficient (Wildman–Crippen LogP) is 4.43. The number of halogens is 2. The number of aliphatic imine (C=N–C) groups is 1. The number of nitrogens with one attached hydrogen (secondary N) is 3. The number of hydrogen-bond acceptors (Lipinski definition) is 3. The van der Waals surface area contributed by atoms with Gasteiger partial charge in [-0.05, 0) is 57.1 Å². The van der Waals surface area contributed by atoms with E-state index in [9.17, 15) is 4.79 Å². The third kappa shape index (κ3) is 8.07. The minimum atomic E-state index is -0.0571. The lowest BCUT2D eigenvalue weighted by Crippen LogP contribution is -2.42. The molecule has 0 aromatic heterocycles. The second-order valence-corrected chi connectivity index (χ2v) is 8.03. The maximum atomic E-state index is 12.2. The first-order chi connectivity index (χ1) is 12.5. The number of anilines is 1. The maximum Gasteiger partial charge on any atom is 0.226 e. The van der Waals surface area contributed by atoms with Crippen molar-refractivity contribution in [1.82, 2.24) is 10.6 Å². The van der Waals surface area contributed by atoms with Gasteiger partial charge >= 0.3 is 0 Å². The molecule has 3 N–H and O–H groups in total. The molecule has 0 bridgehead atoms. The Kier molecular flexibility index (Phi) is 11.5. The fraction of sp³-hybridized carbons (Fsp3) is 0.579. The molecular weight excluding hydrogens is 495 g/mol. The lowest BCUT2D eigenvalue weighted by atomic mass is 10.2. The third-order valence-corrected chi connectivity index (χ3v) is 6.06. The summed E-state index contributed by atoms with van der Waals surface area (Å²) in [5, 5.41) is 11.1. The van der Waals surface area contributed by atoms with Crippen molar-refractivity contribution in [2.75, 3.05) is 24.7 Å². The van der Waals surface area contributed by atoms with Crippen molar-refractivity contribution in [3.8, 4) is 0 Å². The molecule has 0 heterocycles. The second-order valence-electron chi connectivity index (χ2n) is 6.48. The van der Waals surface area contributed by atoms with Crippen LogP contribution in [-0.4, -0.2) is 42.5 Å². The first-order valence-electron chi connectivity index (χ1n) is 9.16. The van der Waals surface area contributed by atoms with Gasteiger partial charge in [-0.2, -0.15) is 11.8 Å². The Hall–Kier alpha value is -0.670. The number of rotatable bonds is 7. The summed E-state index contributed by atoms with van der Waals surface area (Å²) in [5.41, 5.74) is 1.64. The van der Waals surface area contributed by atoms with Crippen LogP contribution in [0.4, 0.5) is 5.69 Å². The van der Waals surface area contributed by atoms with Gasteiger partial charge in [0.2, 0.25) is 5.91 Å².